The van der Waals surface area contributed by atoms with Gasteiger partial charge in [0.1, 0.15) is 11.9 Å². The summed E-state index contributed by atoms with van der Waals surface area (Å²) in [6.07, 6.45) is 0.707. The summed E-state index contributed by atoms with van der Waals surface area (Å²) in [4.78, 5) is 26.2. The van der Waals surface area contributed by atoms with Crippen LogP contribution in [-0.2, 0) is 11.3 Å². The lowest BCUT2D eigenvalue weighted by molar-refractivity contribution is -0.118. The van der Waals surface area contributed by atoms with Gasteiger partial charge in [0.25, 0.3) is 5.91 Å². The molecule has 0 aromatic heterocycles. The highest BCUT2D eigenvalue weighted by Crippen LogP contribution is 2.33. The van der Waals surface area contributed by atoms with Crippen LogP contribution in [0.4, 0.5) is 0 Å². The second-order valence-corrected chi connectivity index (χ2v) is 5.48. The summed E-state index contributed by atoms with van der Waals surface area (Å²) < 4.78 is 5.15. The van der Waals surface area contributed by atoms with Crippen molar-refractivity contribution in [1.29, 1.82) is 0 Å². The van der Waals surface area contributed by atoms with E-state index in [0.29, 0.717) is 12.1 Å². The van der Waals surface area contributed by atoms with Gasteiger partial charge in [0.05, 0.1) is 7.11 Å². The molecular weight excluding hydrogens is 304 g/mol. The van der Waals surface area contributed by atoms with Crippen molar-refractivity contribution in [3.8, 4) is 5.75 Å². The maximum Gasteiger partial charge on any atom is 0.256 e. The summed E-state index contributed by atoms with van der Waals surface area (Å²) in [6.45, 7) is 3.86. The molecule has 0 aliphatic carbocycles. The number of nitrogens with zero attached hydrogens (tertiary/aromatic N) is 1. The van der Waals surface area contributed by atoms with E-state index in [1.54, 1.807) is 18.1 Å². The predicted octanol–water partition coefficient (Wildman–Crippen LogP) is 2.65. The average Bonchev–Trinajstić information content (AvgIpc) is 2.88. The van der Waals surface area contributed by atoms with Crippen LogP contribution in [0.5, 0.6) is 5.75 Å². The molecule has 0 bridgehead atoms. The van der Waals surface area contributed by atoms with E-state index in [9.17, 15) is 9.59 Å². The smallest absolute Gasteiger partial charge is 0.256 e. The van der Waals surface area contributed by atoms with Gasteiger partial charge in [-0.05, 0) is 29.8 Å². The number of hydrogen-bond donors (Lipinski definition) is 1. The molecule has 122 valence electrons. The molecule has 1 aliphatic heterocycles. The van der Waals surface area contributed by atoms with Crippen molar-refractivity contribution in [2.45, 2.75) is 12.7 Å². The molecule has 0 saturated carbocycles. The Bertz CT molecular complexity index is 783. The minimum Gasteiger partial charge on any atom is -0.497 e. The number of ether oxygens (including phenoxy) is 1. The molecule has 2 aromatic carbocycles. The zero-order valence-electron chi connectivity index (χ0n) is 13.4. The predicted molar refractivity (Wildman–Crippen MR) is 90.4 cm³/mol. The Hall–Kier alpha value is -3.08. The highest BCUT2D eigenvalue weighted by atomic mass is 16.5. The molecule has 1 heterocycles. The van der Waals surface area contributed by atoms with E-state index in [4.69, 9.17) is 4.74 Å². The molecule has 5 heteroatoms. The Morgan fingerprint density at radius 1 is 1.25 bits per heavy atom. The largest absolute Gasteiger partial charge is 0.497 e. The maximum atomic E-state index is 12.7. The van der Waals surface area contributed by atoms with Crippen LogP contribution < -0.4 is 10.1 Å². The lowest BCUT2D eigenvalue weighted by Crippen LogP contribution is -2.38. The minimum atomic E-state index is -0.499. The summed E-state index contributed by atoms with van der Waals surface area (Å²) in [6, 6.07) is 14.8. The quantitative estimate of drug-likeness (QED) is 0.861. The first-order valence-corrected chi connectivity index (χ1v) is 7.60. The number of rotatable bonds is 5. The van der Waals surface area contributed by atoms with Gasteiger partial charge in [-0.25, -0.2) is 0 Å². The summed E-state index contributed by atoms with van der Waals surface area (Å²) in [5, 5.41) is 2.83. The number of amides is 2. The first-order chi connectivity index (χ1) is 11.6. The third-order valence-electron chi connectivity index (χ3n) is 4.03. The first kappa shape index (κ1) is 15.8. The highest BCUT2D eigenvalue weighted by Gasteiger charge is 2.36. The number of carbonyl (C=O) groups excluding carboxylic acids is 2. The van der Waals surface area contributed by atoms with E-state index >= 15 is 0 Å². The number of carbonyl (C=O) groups is 2. The zero-order chi connectivity index (χ0) is 17.1. The van der Waals surface area contributed by atoms with Crippen molar-refractivity contribution in [1.82, 2.24) is 10.2 Å². The number of fused-ring (bicyclic) bond motifs is 1. The number of methoxy groups -OCH3 is 1. The van der Waals surface area contributed by atoms with Gasteiger partial charge in [-0.2, -0.15) is 0 Å². The van der Waals surface area contributed by atoms with Crippen LogP contribution in [-0.4, -0.2) is 23.8 Å². The Morgan fingerprint density at radius 2 is 1.96 bits per heavy atom. The first-order valence-electron chi connectivity index (χ1n) is 7.60. The van der Waals surface area contributed by atoms with Crippen molar-refractivity contribution in [3.63, 3.8) is 0 Å². The van der Waals surface area contributed by atoms with Gasteiger partial charge in [0.15, 0.2) is 0 Å². The lowest BCUT2D eigenvalue weighted by Gasteiger charge is -2.26. The molecule has 2 amide bonds. The van der Waals surface area contributed by atoms with E-state index in [-0.39, 0.29) is 11.8 Å². The maximum absolute atomic E-state index is 12.7. The van der Waals surface area contributed by atoms with Crippen LogP contribution in [0.2, 0.25) is 0 Å². The lowest BCUT2D eigenvalue weighted by atomic mass is 10.1. The third kappa shape index (κ3) is 2.88. The summed E-state index contributed by atoms with van der Waals surface area (Å²) in [5.74, 6) is 0.339. The highest BCUT2D eigenvalue weighted by molar-refractivity contribution is 6.00. The van der Waals surface area contributed by atoms with Crippen molar-refractivity contribution in [2.24, 2.45) is 0 Å². The van der Waals surface area contributed by atoms with E-state index in [1.165, 1.54) is 6.08 Å². The van der Waals surface area contributed by atoms with Crippen LogP contribution in [0.25, 0.3) is 0 Å². The molecule has 0 fully saturated rings. The Labute approximate surface area is 140 Å². The molecule has 0 spiro atoms. The molecule has 0 radical (unpaired) electrons. The van der Waals surface area contributed by atoms with Gasteiger partial charge in [-0.15, -0.1) is 0 Å². The molecule has 0 saturated heterocycles. The monoisotopic (exact) mass is 322 g/mol. The molecule has 5 nitrogen and oxygen atoms in total. The fraction of sp³-hybridized carbons (Fsp3) is 0.158. The van der Waals surface area contributed by atoms with Crippen molar-refractivity contribution < 1.29 is 14.3 Å². The summed E-state index contributed by atoms with van der Waals surface area (Å²) in [7, 11) is 1.61. The molecule has 3 rings (SSSR count). The Morgan fingerprint density at radius 3 is 2.62 bits per heavy atom. The van der Waals surface area contributed by atoms with Crippen LogP contribution in [0.1, 0.15) is 27.7 Å². The van der Waals surface area contributed by atoms with Gasteiger partial charge in [-0.1, -0.05) is 36.9 Å². The number of nitrogens with one attached hydrogen (secondary N) is 1. The fourth-order valence-corrected chi connectivity index (χ4v) is 2.81. The van der Waals surface area contributed by atoms with Crippen LogP contribution in [0, 0.1) is 0 Å². The average molecular weight is 322 g/mol. The van der Waals surface area contributed by atoms with Gasteiger partial charge in [0, 0.05) is 17.7 Å². The Kier molecular flexibility index (Phi) is 4.33. The van der Waals surface area contributed by atoms with Gasteiger partial charge < -0.3 is 15.0 Å². The second kappa shape index (κ2) is 6.58. The topological polar surface area (TPSA) is 58.6 Å². The normalized spacial score (nSPS) is 15.8. The summed E-state index contributed by atoms with van der Waals surface area (Å²) in [5.41, 5.74) is 2.36. The SMILES string of the molecule is C=CC(=O)NC1c2ccccc2C(=O)N1Cc1ccc(OC)cc1. The van der Waals surface area contributed by atoms with E-state index < -0.39 is 6.17 Å². The summed E-state index contributed by atoms with van der Waals surface area (Å²) >= 11 is 0. The third-order valence-corrected chi connectivity index (χ3v) is 4.03. The number of hydrogen-bond acceptors (Lipinski definition) is 3. The molecule has 1 N–H and O–H groups in total. The zero-order valence-corrected chi connectivity index (χ0v) is 13.4. The van der Waals surface area contributed by atoms with Gasteiger partial charge in [-0.3, -0.25) is 9.59 Å². The van der Waals surface area contributed by atoms with Crippen molar-refractivity contribution >= 4 is 11.8 Å². The molecule has 1 atom stereocenters. The standard InChI is InChI=1S/C19H18N2O3/c1-3-17(22)20-18-15-6-4-5-7-16(15)19(23)21(18)12-13-8-10-14(24-2)11-9-13/h3-11,18H,1,12H2,2H3,(H,20,22). The second-order valence-electron chi connectivity index (χ2n) is 5.48. The molecule has 2 aromatic rings. The van der Waals surface area contributed by atoms with E-state index in [0.717, 1.165) is 16.9 Å². The number of benzene rings is 2. The van der Waals surface area contributed by atoms with E-state index in [1.807, 2.05) is 42.5 Å². The van der Waals surface area contributed by atoms with Gasteiger partial charge in [0.2, 0.25) is 5.91 Å². The fourth-order valence-electron chi connectivity index (χ4n) is 2.81. The van der Waals surface area contributed by atoms with E-state index in [2.05, 4.69) is 11.9 Å². The molecule has 24 heavy (non-hydrogen) atoms. The van der Waals surface area contributed by atoms with Crippen molar-refractivity contribution in [2.75, 3.05) is 7.11 Å². The molecule has 1 unspecified atom stereocenters. The van der Waals surface area contributed by atoms with Crippen molar-refractivity contribution in [3.05, 3.63) is 77.9 Å². The molecular formula is C19H18N2O3. The van der Waals surface area contributed by atoms with Crippen LogP contribution in [0.15, 0.2) is 61.2 Å². The van der Waals surface area contributed by atoms with Gasteiger partial charge >= 0.3 is 0 Å². The minimum absolute atomic E-state index is 0.101. The molecule has 1 aliphatic rings. The van der Waals surface area contributed by atoms with Crippen LogP contribution >= 0.6 is 0 Å². The van der Waals surface area contributed by atoms with Crippen LogP contribution in [0.3, 0.4) is 0 Å². The Balaban J connectivity index is 1.90.